The van der Waals surface area contributed by atoms with E-state index in [-0.39, 0.29) is 5.91 Å². The Morgan fingerprint density at radius 3 is 2.65 bits per heavy atom. The Balaban J connectivity index is 1.71. The lowest BCUT2D eigenvalue weighted by Crippen LogP contribution is -2.29. The van der Waals surface area contributed by atoms with Gasteiger partial charge in [-0.05, 0) is 32.3 Å². The van der Waals surface area contributed by atoms with Crippen LogP contribution in [0.3, 0.4) is 0 Å². The fourth-order valence-corrected chi connectivity index (χ4v) is 4.03. The van der Waals surface area contributed by atoms with Crippen molar-refractivity contribution in [3.63, 3.8) is 0 Å². The third kappa shape index (κ3) is 5.70. The van der Waals surface area contributed by atoms with E-state index in [0.29, 0.717) is 28.9 Å². The summed E-state index contributed by atoms with van der Waals surface area (Å²) in [6, 6.07) is 11.8. The number of benzene rings is 2. The van der Waals surface area contributed by atoms with Crippen LogP contribution in [0, 0.1) is 0 Å². The number of nitrogens with zero attached hydrogens (tertiary/aromatic N) is 6. The molecule has 0 spiro atoms. The highest BCUT2D eigenvalue weighted by Gasteiger charge is 2.17. The normalized spacial score (nSPS) is 11.0. The summed E-state index contributed by atoms with van der Waals surface area (Å²) in [5, 5.41) is 7.20. The Labute approximate surface area is 216 Å². The SMILES string of the molecule is C=CC(=O)Nc1cc(Nc2ncnc(-c3cn(C)c4ccccc34)n2)c(OC)cc1N(C)CCN(C)C. The molecule has 0 radical (unpaired) electrons. The van der Waals surface area contributed by atoms with Crippen molar-refractivity contribution in [2.75, 3.05) is 56.9 Å². The van der Waals surface area contributed by atoms with Gasteiger partial charge in [-0.2, -0.15) is 4.98 Å². The van der Waals surface area contributed by atoms with Gasteiger partial charge < -0.3 is 29.7 Å². The number of carbonyl (C=O) groups is 1. The second kappa shape index (κ2) is 11.1. The van der Waals surface area contributed by atoms with E-state index in [1.807, 2.05) is 69.3 Å². The molecule has 0 bridgehead atoms. The molecule has 192 valence electrons. The Bertz CT molecular complexity index is 1430. The molecule has 0 aliphatic heterocycles. The topological polar surface area (TPSA) is 100 Å². The van der Waals surface area contributed by atoms with Gasteiger partial charge >= 0.3 is 0 Å². The molecular formula is C27H32N8O2. The number of para-hydroxylation sites is 1. The molecule has 2 heterocycles. The number of carbonyl (C=O) groups excluding carboxylic acids is 1. The maximum Gasteiger partial charge on any atom is 0.247 e. The number of fused-ring (bicyclic) bond motifs is 1. The van der Waals surface area contributed by atoms with E-state index in [9.17, 15) is 4.79 Å². The second-order valence-electron chi connectivity index (χ2n) is 8.92. The highest BCUT2D eigenvalue weighted by molar-refractivity contribution is 6.02. The molecule has 0 aliphatic rings. The molecule has 37 heavy (non-hydrogen) atoms. The Morgan fingerprint density at radius 2 is 1.92 bits per heavy atom. The van der Waals surface area contributed by atoms with Crippen LogP contribution in [0.2, 0.25) is 0 Å². The molecule has 0 atom stereocenters. The molecule has 2 N–H and O–H groups in total. The molecule has 1 amide bonds. The first-order valence-electron chi connectivity index (χ1n) is 11.8. The number of likely N-dealkylation sites (N-methyl/N-ethyl adjacent to an activating group) is 2. The molecule has 10 nitrogen and oxygen atoms in total. The summed E-state index contributed by atoms with van der Waals surface area (Å²) >= 11 is 0. The van der Waals surface area contributed by atoms with Crippen molar-refractivity contribution in [1.29, 1.82) is 0 Å². The van der Waals surface area contributed by atoms with Crippen molar-refractivity contribution < 1.29 is 9.53 Å². The number of nitrogens with one attached hydrogen (secondary N) is 2. The van der Waals surface area contributed by atoms with Crippen molar-refractivity contribution in [2.45, 2.75) is 0 Å². The predicted octanol–water partition coefficient (Wildman–Crippen LogP) is 3.90. The molecule has 2 aromatic carbocycles. The van der Waals surface area contributed by atoms with Crippen molar-refractivity contribution in [3.05, 3.63) is 61.6 Å². The number of hydrogen-bond acceptors (Lipinski definition) is 8. The predicted molar refractivity (Wildman–Crippen MR) is 149 cm³/mol. The zero-order valence-electron chi connectivity index (χ0n) is 21.8. The average Bonchev–Trinajstić information content (AvgIpc) is 3.24. The minimum absolute atomic E-state index is 0.309. The summed E-state index contributed by atoms with van der Waals surface area (Å²) in [6.45, 7) is 5.17. The maximum absolute atomic E-state index is 12.2. The number of rotatable bonds is 10. The van der Waals surface area contributed by atoms with Crippen molar-refractivity contribution in [2.24, 2.45) is 7.05 Å². The second-order valence-corrected chi connectivity index (χ2v) is 8.92. The van der Waals surface area contributed by atoms with Crippen molar-refractivity contribution in [1.82, 2.24) is 24.4 Å². The van der Waals surface area contributed by atoms with Crippen LogP contribution in [0.4, 0.5) is 23.0 Å². The van der Waals surface area contributed by atoms with Crippen LogP contribution in [-0.2, 0) is 11.8 Å². The Kier molecular flexibility index (Phi) is 7.69. The van der Waals surface area contributed by atoms with Gasteiger partial charge in [0.15, 0.2) is 5.82 Å². The Hall–Kier alpha value is -4.44. The standard InChI is InChI=1S/C27H32N8O2/c1-7-25(36)30-20-14-21(24(37-6)15-23(20)34(4)13-12-33(2)3)31-27-29-17-28-26(32-27)19-16-35(5)22-11-9-8-10-18(19)22/h7-11,14-17H,1,12-13H2,2-6H3,(H,30,36)(H,28,29,31,32). The Morgan fingerprint density at radius 1 is 1.14 bits per heavy atom. The summed E-state index contributed by atoms with van der Waals surface area (Å²) in [4.78, 5) is 29.8. The smallest absolute Gasteiger partial charge is 0.247 e. The van der Waals surface area contributed by atoms with Crippen LogP contribution in [0.25, 0.3) is 22.3 Å². The summed E-state index contributed by atoms with van der Waals surface area (Å²) < 4.78 is 7.74. The molecule has 0 saturated carbocycles. The third-order valence-electron chi connectivity index (χ3n) is 6.01. The number of hydrogen-bond donors (Lipinski definition) is 2. The largest absolute Gasteiger partial charge is 0.494 e. The zero-order chi connectivity index (χ0) is 26.5. The van der Waals surface area contributed by atoms with Gasteiger partial charge in [0.25, 0.3) is 0 Å². The molecule has 0 saturated heterocycles. The van der Waals surface area contributed by atoms with E-state index in [2.05, 4.69) is 48.0 Å². The molecule has 4 rings (SSSR count). The highest BCUT2D eigenvalue weighted by Crippen LogP contribution is 2.38. The lowest BCUT2D eigenvalue weighted by Gasteiger charge is -2.25. The first-order valence-corrected chi connectivity index (χ1v) is 11.8. The maximum atomic E-state index is 12.2. The van der Waals surface area contributed by atoms with Gasteiger partial charge in [-0.1, -0.05) is 24.8 Å². The van der Waals surface area contributed by atoms with E-state index < -0.39 is 0 Å². The van der Waals surface area contributed by atoms with Gasteiger partial charge in [-0.3, -0.25) is 4.79 Å². The molecule has 0 unspecified atom stereocenters. The van der Waals surface area contributed by atoms with E-state index in [4.69, 9.17) is 4.74 Å². The molecule has 0 aliphatic carbocycles. The number of amides is 1. The number of methoxy groups -OCH3 is 1. The number of aromatic nitrogens is 4. The first kappa shape index (κ1) is 25.6. The van der Waals surface area contributed by atoms with E-state index >= 15 is 0 Å². The summed E-state index contributed by atoms with van der Waals surface area (Å²) in [6.07, 6.45) is 4.72. The fourth-order valence-electron chi connectivity index (χ4n) is 4.03. The fraction of sp³-hybridized carbons (Fsp3) is 0.259. The van der Waals surface area contributed by atoms with E-state index in [1.165, 1.54) is 12.4 Å². The van der Waals surface area contributed by atoms with Crippen LogP contribution in [0.15, 0.2) is 61.6 Å². The monoisotopic (exact) mass is 500 g/mol. The van der Waals surface area contributed by atoms with E-state index in [0.717, 1.165) is 35.2 Å². The van der Waals surface area contributed by atoms with Gasteiger partial charge in [-0.25, -0.2) is 9.97 Å². The molecule has 10 heteroatoms. The van der Waals surface area contributed by atoms with Crippen LogP contribution < -0.4 is 20.3 Å². The third-order valence-corrected chi connectivity index (χ3v) is 6.01. The van der Waals surface area contributed by atoms with Gasteiger partial charge in [-0.15, -0.1) is 0 Å². The lowest BCUT2D eigenvalue weighted by molar-refractivity contribution is -0.111. The molecule has 4 aromatic rings. The van der Waals surface area contributed by atoms with Crippen LogP contribution in [0.1, 0.15) is 0 Å². The lowest BCUT2D eigenvalue weighted by atomic mass is 10.1. The van der Waals surface area contributed by atoms with Crippen molar-refractivity contribution >= 4 is 39.8 Å². The number of anilines is 4. The number of ether oxygens (including phenoxy) is 1. The van der Waals surface area contributed by atoms with Crippen LogP contribution in [-0.4, -0.2) is 71.7 Å². The minimum atomic E-state index is -0.309. The number of aryl methyl sites for hydroxylation is 1. The average molecular weight is 501 g/mol. The van der Waals surface area contributed by atoms with Gasteiger partial charge in [0, 0.05) is 55.9 Å². The molecule has 0 fully saturated rings. The van der Waals surface area contributed by atoms with Crippen LogP contribution >= 0.6 is 0 Å². The quantitative estimate of drug-likeness (QED) is 0.316. The summed E-state index contributed by atoms with van der Waals surface area (Å²) in [5.41, 5.74) is 4.02. The van der Waals surface area contributed by atoms with Crippen LogP contribution in [0.5, 0.6) is 5.75 Å². The van der Waals surface area contributed by atoms with Gasteiger partial charge in [0.2, 0.25) is 11.9 Å². The zero-order valence-corrected chi connectivity index (χ0v) is 21.8. The summed E-state index contributed by atoms with van der Waals surface area (Å²) in [5.74, 6) is 1.17. The first-order chi connectivity index (χ1) is 17.8. The molecule has 2 aromatic heterocycles. The minimum Gasteiger partial charge on any atom is -0.494 e. The molecular weight excluding hydrogens is 468 g/mol. The van der Waals surface area contributed by atoms with Gasteiger partial charge in [0.1, 0.15) is 12.1 Å². The summed E-state index contributed by atoms with van der Waals surface area (Å²) in [7, 11) is 9.60. The van der Waals surface area contributed by atoms with Crippen molar-refractivity contribution in [3.8, 4) is 17.1 Å². The van der Waals surface area contributed by atoms with Gasteiger partial charge in [0.05, 0.1) is 24.2 Å². The van der Waals surface area contributed by atoms with E-state index in [1.54, 1.807) is 7.11 Å². The highest BCUT2D eigenvalue weighted by atomic mass is 16.5.